The molecule has 2 heterocycles. The predicted molar refractivity (Wildman–Crippen MR) is 97.6 cm³/mol. The van der Waals surface area contributed by atoms with Crippen molar-refractivity contribution in [2.24, 2.45) is 0 Å². The van der Waals surface area contributed by atoms with Crippen LogP contribution in [0.25, 0.3) is 11.1 Å². The van der Waals surface area contributed by atoms with Gasteiger partial charge in [-0.3, -0.25) is 10.1 Å². The highest BCUT2D eigenvalue weighted by Gasteiger charge is 2.67. The van der Waals surface area contributed by atoms with Gasteiger partial charge in [0.05, 0.1) is 0 Å². The first-order chi connectivity index (χ1) is 13.7. The summed E-state index contributed by atoms with van der Waals surface area (Å²) in [6.45, 7) is 0.784. The molecule has 2 aliphatic rings. The lowest BCUT2D eigenvalue weighted by Crippen LogP contribution is -2.25. The fourth-order valence-electron chi connectivity index (χ4n) is 4.19. The maximum Gasteiger partial charge on any atom is 0.270 e. The third-order valence-electron chi connectivity index (χ3n) is 5.77. The molecule has 148 valence electrons. The molecule has 0 saturated heterocycles. The molecule has 2 atom stereocenters. The zero-order valence-electron chi connectivity index (χ0n) is 15.2. The number of rotatable bonds is 3. The van der Waals surface area contributed by atoms with Gasteiger partial charge in [-0.1, -0.05) is 24.3 Å². The summed E-state index contributed by atoms with van der Waals surface area (Å²) in [5.74, 6) is -5.14. The molecule has 1 aliphatic heterocycles. The summed E-state index contributed by atoms with van der Waals surface area (Å²) in [7, 11) is 0. The Hall–Kier alpha value is -3.16. The number of fused-ring (bicyclic) bond motifs is 2. The Bertz CT molecular complexity index is 1130. The quantitative estimate of drug-likeness (QED) is 0.643. The van der Waals surface area contributed by atoms with Crippen molar-refractivity contribution in [3.05, 3.63) is 71.6 Å². The van der Waals surface area contributed by atoms with E-state index in [1.165, 1.54) is 42.6 Å². The number of imidazole rings is 1. The number of aromatic nitrogens is 2. The summed E-state index contributed by atoms with van der Waals surface area (Å²) in [4.78, 5) is 16.4. The number of anilines is 1. The Morgan fingerprint density at radius 1 is 1.14 bits per heavy atom. The number of hydrogen-bond acceptors (Lipinski definition) is 2. The van der Waals surface area contributed by atoms with Gasteiger partial charge >= 0.3 is 0 Å². The molecule has 1 N–H and O–H groups in total. The molecular weight excluding hydrogens is 386 g/mol. The fraction of sp³-hybridized carbons (Fsp3) is 0.238. The van der Waals surface area contributed by atoms with E-state index in [-0.39, 0.29) is 29.0 Å². The number of benzene rings is 2. The molecular formula is C21H15F4N3O. The maximum absolute atomic E-state index is 14.9. The summed E-state index contributed by atoms with van der Waals surface area (Å²) in [5.41, 5.74) is -0.722. The lowest BCUT2D eigenvalue weighted by Gasteiger charge is -2.14. The minimum Gasteiger partial charge on any atom is -0.301 e. The second kappa shape index (κ2) is 5.68. The van der Waals surface area contributed by atoms with Crippen LogP contribution in [0.15, 0.2) is 48.8 Å². The van der Waals surface area contributed by atoms with E-state index in [9.17, 15) is 22.4 Å². The normalized spacial score (nSPS) is 22.7. The van der Waals surface area contributed by atoms with E-state index in [1.54, 1.807) is 10.8 Å². The molecule has 0 bridgehead atoms. The molecule has 0 radical (unpaired) electrons. The Kier molecular flexibility index (Phi) is 3.51. The minimum atomic E-state index is -2.99. The molecule has 5 rings (SSSR count). The Morgan fingerprint density at radius 3 is 2.41 bits per heavy atom. The van der Waals surface area contributed by atoms with Crippen LogP contribution in [-0.2, 0) is 16.3 Å². The number of nitrogens with zero attached hydrogens (tertiary/aromatic N) is 2. The van der Waals surface area contributed by atoms with Crippen molar-refractivity contribution in [2.45, 2.75) is 30.7 Å². The van der Waals surface area contributed by atoms with Gasteiger partial charge in [-0.25, -0.2) is 22.5 Å². The average molecular weight is 401 g/mol. The minimum absolute atomic E-state index is 0.151. The van der Waals surface area contributed by atoms with Gasteiger partial charge in [-0.15, -0.1) is 0 Å². The van der Waals surface area contributed by atoms with Crippen LogP contribution in [0.5, 0.6) is 0 Å². The number of halogens is 4. The summed E-state index contributed by atoms with van der Waals surface area (Å²) in [6, 6.07) is 7.62. The highest BCUT2D eigenvalue weighted by atomic mass is 19.3. The van der Waals surface area contributed by atoms with Crippen LogP contribution in [0, 0.1) is 11.6 Å². The number of amides is 1. The zero-order valence-corrected chi connectivity index (χ0v) is 15.2. The molecule has 1 spiro atoms. The molecule has 2 aromatic carbocycles. The van der Waals surface area contributed by atoms with Gasteiger partial charge in [0.15, 0.2) is 0 Å². The summed E-state index contributed by atoms with van der Waals surface area (Å²) in [6.07, 6.45) is 3.41. The molecule has 1 fully saturated rings. The topological polar surface area (TPSA) is 46.9 Å². The lowest BCUT2D eigenvalue weighted by molar-refractivity contribution is -0.119. The van der Waals surface area contributed by atoms with E-state index < -0.39 is 29.0 Å². The van der Waals surface area contributed by atoms with Crippen molar-refractivity contribution in [1.29, 1.82) is 0 Å². The number of alkyl halides is 2. The second-order valence-electron chi connectivity index (χ2n) is 7.58. The van der Waals surface area contributed by atoms with Crippen molar-refractivity contribution in [2.75, 3.05) is 5.32 Å². The van der Waals surface area contributed by atoms with Crippen molar-refractivity contribution in [3.8, 4) is 11.1 Å². The highest BCUT2D eigenvalue weighted by molar-refractivity contribution is 6.03. The van der Waals surface area contributed by atoms with Crippen molar-refractivity contribution in [3.63, 3.8) is 0 Å². The van der Waals surface area contributed by atoms with Crippen molar-refractivity contribution < 1.29 is 22.4 Å². The smallest absolute Gasteiger partial charge is 0.270 e. The van der Waals surface area contributed by atoms with Crippen LogP contribution in [0.4, 0.5) is 23.5 Å². The standard InChI is InChI=1S/C21H15F4N3O/c1-20(24,25)13-4-2-11(3-5-13)12-8-15(22)17(16(23)9-12)14-10-21(14)18(29)27-19-26-6-7-28(19)21/h2-9,14H,10H2,1H3,(H,26,27,29). The Morgan fingerprint density at radius 2 is 1.79 bits per heavy atom. The predicted octanol–water partition coefficient (Wildman–Crippen LogP) is 4.77. The summed E-state index contributed by atoms with van der Waals surface area (Å²) < 4.78 is 58.2. The first kappa shape index (κ1) is 17.9. The van der Waals surface area contributed by atoms with Gasteiger partial charge in [0.25, 0.3) is 11.8 Å². The van der Waals surface area contributed by atoms with Crippen molar-refractivity contribution in [1.82, 2.24) is 9.55 Å². The highest BCUT2D eigenvalue weighted by Crippen LogP contribution is 2.61. The van der Waals surface area contributed by atoms with Gasteiger partial charge in [0.2, 0.25) is 5.95 Å². The van der Waals surface area contributed by atoms with E-state index in [0.717, 1.165) is 6.92 Å². The number of nitrogens with one attached hydrogen (secondary N) is 1. The summed E-state index contributed by atoms with van der Waals surface area (Å²) >= 11 is 0. The fourth-order valence-corrected chi connectivity index (χ4v) is 4.19. The third kappa shape index (κ3) is 2.51. The van der Waals surface area contributed by atoms with Crippen LogP contribution in [-0.4, -0.2) is 15.5 Å². The molecule has 3 aromatic rings. The van der Waals surface area contributed by atoms with Crippen LogP contribution < -0.4 is 5.32 Å². The molecule has 1 saturated carbocycles. The number of hydrogen-bond donors (Lipinski definition) is 1. The van der Waals surface area contributed by atoms with Gasteiger partial charge < -0.3 is 4.57 Å². The maximum atomic E-state index is 14.9. The van der Waals surface area contributed by atoms with Gasteiger partial charge in [-0.2, -0.15) is 0 Å². The van der Waals surface area contributed by atoms with Crippen LogP contribution in [0.2, 0.25) is 0 Å². The molecule has 1 aromatic heterocycles. The van der Waals surface area contributed by atoms with Gasteiger partial charge in [0.1, 0.15) is 17.2 Å². The van der Waals surface area contributed by atoms with E-state index in [2.05, 4.69) is 10.3 Å². The van der Waals surface area contributed by atoms with Crippen LogP contribution in [0.1, 0.15) is 30.4 Å². The van der Waals surface area contributed by atoms with Gasteiger partial charge in [0, 0.05) is 36.4 Å². The number of carbonyl (C=O) groups excluding carboxylic acids is 1. The summed E-state index contributed by atoms with van der Waals surface area (Å²) in [5, 5.41) is 2.63. The lowest BCUT2D eigenvalue weighted by atomic mass is 9.97. The van der Waals surface area contributed by atoms with E-state index in [4.69, 9.17) is 0 Å². The molecule has 1 amide bonds. The van der Waals surface area contributed by atoms with Crippen molar-refractivity contribution >= 4 is 11.9 Å². The van der Waals surface area contributed by atoms with Crippen LogP contribution >= 0.6 is 0 Å². The Balaban J connectivity index is 1.50. The molecule has 8 heteroatoms. The molecule has 1 aliphatic carbocycles. The molecule has 29 heavy (non-hydrogen) atoms. The monoisotopic (exact) mass is 401 g/mol. The molecule has 2 unspecified atom stereocenters. The van der Waals surface area contributed by atoms with E-state index in [1.807, 2.05) is 0 Å². The largest absolute Gasteiger partial charge is 0.301 e. The average Bonchev–Trinajstić information content (AvgIpc) is 3.11. The zero-order chi connectivity index (χ0) is 20.6. The van der Waals surface area contributed by atoms with Crippen LogP contribution in [0.3, 0.4) is 0 Å². The first-order valence-electron chi connectivity index (χ1n) is 9.05. The molecule has 4 nitrogen and oxygen atoms in total. The first-order valence-corrected chi connectivity index (χ1v) is 9.05. The van der Waals surface area contributed by atoms with E-state index >= 15 is 0 Å². The van der Waals surface area contributed by atoms with E-state index in [0.29, 0.717) is 11.5 Å². The van der Waals surface area contributed by atoms with Gasteiger partial charge in [-0.05, 0) is 29.7 Å². The third-order valence-corrected chi connectivity index (χ3v) is 5.77. The number of carbonyl (C=O) groups is 1. The SMILES string of the molecule is CC(F)(F)c1ccc(-c2cc(F)c(C3CC34C(=O)Nc3nccn34)c(F)c2)cc1. The second-order valence-corrected chi connectivity index (χ2v) is 7.58. The Labute approximate surface area is 163 Å².